The topological polar surface area (TPSA) is 43.4 Å². The molecule has 0 heterocycles. The van der Waals surface area contributed by atoms with Gasteiger partial charge in [0.05, 0.1) is 0 Å². The summed E-state index contributed by atoms with van der Waals surface area (Å²) in [5, 5.41) is 0. The van der Waals surface area contributed by atoms with Crippen LogP contribution in [0.15, 0.2) is 48.0 Å². The Balaban J connectivity index is 5.04. The summed E-state index contributed by atoms with van der Waals surface area (Å²) in [5.74, 6) is 0.711. The molecule has 104 valence electrons. The minimum Gasteiger partial charge on any atom is -0.466 e. The predicted molar refractivity (Wildman–Crippen MR) is 77.5 cm³/mol. The number of allylic oxidation sites excluding steroid dienone is 6. The zero-order chi connectivity index (χ0) is 15.0. The van der Waals surface area contributed by atoms with E-state index >= 15 is 0 Å². The Hall–Kier alpha value is -1.90. The zero-order valence-electron chi connectivity index (χ0n) is 12.2. The van der Waals surface area contributed by atoms with E-state index in [0.29, 0.717) is 35.5 Å². The van der Waals surface area contributed by atoms with Crippen LogP contribution in [0.25, 0.3) is 0 Å². The molecule has 0 saturated heterocycles. The molecule has 19 heavy (non-hydrogen) atoms. The standard InChI is InChI=1S/C16H22O3/c1-7-13(9-15(17)11(3)4)19-14(8-2)10-16(18)12(5)6/h9-10H,3,5,7-8H2,1-2,4,6H3. The SMILES string of the molecule is C=C(C)C(=O)C=C(CC)OC(=CC(=O)C(=C)C)CC. The second kappa shape index (κ2) is 8.25. The Bertz CT molecular complexity index is 409. The fourth-order valence-corrected chi connectivity index (χ4v) is 1.11. The van der Waals surface area contributed by atoms with Gasteiger partial charge in [0.1, 0.15) is 11.5 Å². The van der Waals surface area contributed by atoms with E-state index < -0.39 is 0 Å². The summed E-state index contributed by atoms with van der Waals surface area (Å²) in [7, 11) is 0. The molecule has 0 saturated carbocycles. The molecule has 0 aliphatic rings. The monoisotopic (exact) mass is 262 g/mol. The van der Waals surface area contributed by atoms with E-state index in [4.69, 9.17) is 4.74 Å². The lowest BCUT2D eigenvalue weighted by Gasteiger charge is -2.10. The van der Waals surface area contributed by atoms with Gasteiger partial charge in [-0.15, -0.1) is 0 Å². The average Bonchev–Trinajstić information content (AvgIpc) is 2.35. The van der Waals surface area contributed by atoms with Crippen molar-refractivity contribution in [2.45, 2.75) is 40.5 Å². The van der Waals surface area contributed by atoms with Crippen LogP contribution in [-0.4, -0.2) is 11.6 Å². The van der Waals surface area contributed by atoms with Gasteiger partial charge >= 0.3 is 0 Å². The number of hydrogen-bond donors (Lipinski definition) is 0. The van der Waals surface area contributed by atoms with E-state index in [1.54, 1.807) is 13.8 Å². The number of carbonyl (C=O) groups excluding carboxylic acids is 2. The van der Waals surface area contributed by atoms with Gasteiger partial charge in [-0.2, -0.15) is 0 Å². The number of ether oxygens (including phenoxy) is 1. The van der Waals surface area contributed by atoms with Gasteiger partial charge in [-0.1, -0.05) is 27.0 Å². The number of rotatable bonds is 8. The van der Waals surface area contributed by atoms with Gasteiger partial charge in [0.25, 0.3) is 0 Å². The van der Waals surface area contributed by atoms with Crippen molar-refractivity contribution < 1.29 is 14.3 Å². The molecule has 0 aliphatic heterocycles. The van der Waals surface area contributed by atoms with Crippen molar-refractivity contribution in [3.63, 3.8) is 0 Å². The van der Waals surface area contributed by atoms with Gasteiger partial charge in [0.2, 0.25) is 0 Å². The third-order valence-corrected chi connectivity index (χ3v) is 2.38. The van der Waals surface area contributed by atoms with Crippen molar-refractivity contribution in [1.29, 1.82) is 0 Å². The largest absolute Gasteiger partial charge is 0.466 e. The van der Waals surface area contributed by atoms with Crippen molar-refractivity contribution >= 4 is 11.6 Å². The summed E-state index contributed by atoms with van der Waals surface area (Å²) in [4.78, 5) is 23.1. The summed E-state index contributed by atoms with van der Waals surface area (Å²) in [6.07, 6.45) is 3.96. The lowest BCUT2D eigenvalue weighted by atomic mass is 10.2. The fraction of sp³-hybridized carbons (Fsp3) is 0.375. The summed E-state index contributed by atoms with van der Waals surface area (Å²) in [6, 6.07) is 0. The highest BCUT2D eigenvalue weighted by Gasteiger charge is 2.07. The molecule has 0 N–H and O–H groups in total. The second-order valence-electron chi connectivity index (χ2n) is 4.32. The summed E-state index contributed by atoms with van der Waals surface area (Å²) < 4.78 is 5.59. The van der Waals surface area contributed by atoms with Crippen LogP contribution in [0.1, 0.15) is 40.5 Å². The van der Waals surface area contributed by atoms with Crippen LogP contribution in [-0.2, 0) is 14.3 Å². The average molecular weight is 262 g/mol. The molecule has 0 radical (unpaired) electrons. The van der Waals surface area contributed by atoms with Crippen molar-refractivity contribution in [1.82, 2.24) is 0 Å². The molecule has 0 aliphatic carbocycles. The van der Waals surface area contributed by atoms with Gasteiger partial charge in [0, 0.05) is 25.0 Å². The van der Waals surface area contributed by atoms with Crippen LogP contribution in [0.3, 0.4) is 0 Å². The first-order valence-electron chi connectivity index (χ1n) is 6.30. The van der Waals surface area contributed by atoms with E-state index in [2.05, 4.69) is 13.2 Å². The fourth-order valence-electron chi connectivity index (χ4n) is 1.11. The Morgan fingerprint density at radius 3 is 1.42 bits per heavy atom. The molecule has 0 aromatic heterocycles. The summed E-state index contributed by atoms with van der Waals surface area (Å²) >= 11 is 0. The molecule has 0 aromatic rings. The van der Waals surface area contributed by atoms with E-state index in [9.17, 15) is 9.59 Å². The minimum absolute atomic E-state index is 0.168. The molecule has 0 amide bonds. The first-order valence-corrected chi connectivity index (χ1v) is 6.30. The summed E-state index contributed by atoms with van der Waals surface area (Å²) in [5.41, 5.74) is 0.907. The van der Waals surface area contributed by atoms with Crippen LogP contribution in [0, 0.1) is 0 Å². The van der Waals surface area contributed by atoms with E-state index in [1.807, 2.05) is 13.8 Å². The van der Waals surface area contributed by atoms with Crippen LogP contribution < -0.4 is 0 Å². The van der Waals surface area contributed by atoms with Crippen molar-refractivity contribution in [3.8, 4) is 0 Å². The lowest BCUT2D eigenvalue weighted by molar-refractivity contribution is -0.112. The number of ketones is 2. The van der Waals surface area contributed by atoms with E-state index in [1.165, 1.54) is 12.2 Å². The first kappa shape index (κ1) is 17.1. The van der Waals surface area contributed by atoms with Gasteiger partial charge < -0.3 is 4.74 Å². The maximum atomic E-state index is 11.6. The van der Waals surface area contributed by atoms with E-state index in [0.717, 1.165) is 0 Å². The molecular formula is C16H22O3. The van der Waals surface area contributed by atoms with Crippen LogP contribution in [0.5, 0.6) is 0 Å². The molecular weight excluding hydrogens is 240 g/mol. The summed E-state index contributed by atoms with van der Waals surface area (Å²) in [6.45, 7) is 14.2. The predicted octanol–water partition coefficient (Wildman–Crippen LogP) is 3.88. The highest BCUT2D eigenvalue weighted by Crippen LogP contribution is 2.14. The molecule has 0 aromatic carbocycles. The molecule has 3 heteroatoms. The molecule has 0 atom stereocenters. The van der Waals surface area contributed by atoms with Crippen molar-refractivity contribution in [2.24, 2.45) is 0 Å². The lowest BCUT2D eigenvalue weighted by Crippen LogP contribution is -2.01. The highest BCUT2D eigenvalue weighted by molar-refractivity contribution is 6.03. The van der Waals surface area contributed by atoms with Crippen molar-refractivity contribution in [2.75, 3.05) is 0 Å². The Kier molecular flexibility index (Phi) is 7.42. The smallest absolute Gasteiger partial charge is 0.184 e. The third kappa shape index (κ3) is 6.55. The Morgan fingerprint density at radius 2 is 1.21 bits per heavy atom. The van der Waals surface area contributed by atoms with Crippen LogP contribution in [0.2, 0.25) is 0 Å². The minimum atomic E-state index is -0.168. The molecule has 0 fully saturated rings. The maximum Gasteiger partial charge on any atom is 0.184 e. The quantitative estimate of drug-likeness (QED) is 0.492. The van der Waals surface area contributed by atoms with Gasteiger partial charge in [0.15, 0.2) is 11.6 Å². The molecule has 3 nitrogen and oxygen atoms in total. The Labute approximate surface area is 115 Å². The van der Waals surface area contributed by atoms with Gasteiger partial charge in [-0.25, -0.2) is 0 Å². The van der Waals surface area contributed by atoms with Gasteiger partial charge in [-0.3, -0.25) is 9.59 Å². The molecule has 0 spiro atoms. The maximum absolute atomic E-state index is 11.6. The zero-order valence-corrected chi connectivity index (χ0v) is 12.2. The van der Waals surface area contributed by atoms with Crippen LogP contribution >= 0.6 is 0 Å². The van der Waals surface area contributed by atoms with Crippen molar-refractivity contribution in [3.05, 3.63) is 48.0 Å². The molecule has 0 bridgehead atoms. The molecule has 0 unspecified atom stereocenters. The normalized spacial score (nSPS) is 12.0. The number of hydrogen-bond acceptors (Lipinski definition) is 3. The number of carbonyl (C=O) groups is 2. The first-order chi connectivity index (χ1) is 8.81. The highest BCUT2D eigenvalue weighted by atomic mass is 16.5. The second-order valence-corrected chi connectivity index (χ2v) is 4.32. The van der Waals surface area contributed by atoms with Crippen LogP contribution in [0.4, 0.5) is 0 Å². The van der Waals surface area contributed by atoms with E-state index in [-0.39, 0.29) is 11.6 Å². The Morgan fingerprint density at radius 1 is 0.895 bits per heavy atom. The molecule has 0 rings (SSSR count). The van der Waals surface area contributed by atoms with Gasteiger partial charge in [-0.05, 0) is 25.0 Å². The third-order valence-electron chi connectivity index (χ3n) is 2.38.